The van der Waals surface area contributed by atoms with Gasteiger partial charge in [-0.3, -0.25) is 10.9 Å². The summed E-state index contributed by atoms with van der Waals surface area (Å²) in [5.74, 6) is 0. The van der Waals surface area contributed by atoms with Gasteiger partial charge in [0.2, 0.25) is 0 Å². The summed E-state index contributed by atoms with van der Waals surface area (Å²) < 4.78 is 0. The smallest absolute Gasteiger partial charge is 0.182 e. The number of thiocarbonyl (C=S) groups is 1. The van der Waals surface area contributed by atoms with Crippen molar-refractivity contribution in [2.75, 3.05) is 5.43 Å². The normalized spacial score (nSPS) is 9.64. The van der Waals surface area contributed by atoms with E-state index in [-0.39, 0.29) is 5.11 Å². The number of hydrazine groups is 1. The van der Waals surface area contributed by atoms with Crippen LogP contribution in [0.5, 0.6) is 0 Å². The second-order valence-corrected chi connectivity index (χ2v) is 4.05. The minimum Gasteiger partial charge on any atom is -0.375 e. The highest BCUT2D eigenvalue weighted by atomic mass is 35.5. The minimum absolute atomic E-state index is 0.0899. The van der Waals surface area contributed by atoms with Gasteiger partial charge in [-0.15, -0.1) is 0 Å². The van der Waals surface area contributed by atoms with Crippen LogP contribution in [0, 0.1) is 0 Å². The van der Waals surface area contributed by atoms with E-state index in [1.54, 1.807) is 12.1 Å². The highest BCUT2D eigenvalue weighted by Gasteiger charge is 2.06. The van der Waals surface area contributed by atoms with Crippen molar-refractivity contribution < 1.29 is 0 Å². The predicted molar refractivity (Wildman–Crippen MR) is 65.0 cm³/mol. The van der Waals surface area contributed by atoms with Crippen LogP contribution in [-0.4, -0.2) is 5.11 Å². The third kappa shape index (κ3) is 3.06. The summed E-state index contributed by atoms with van der Waals surface area (Å²) in [4.78, 5) is 0. The van der Waals surface area contributed by atoms with Crippen LogP contribution < -0.4 is 16.6 Å². The molecule has 1 aromatic carbocycles. The Kier molecular flexibility index (Phi) is 4.07. The van der Waals surface area contributed by atoms with E-state index >= 15 is 0 Å². The second-order valence-electron chi connectivity index (χ2n) is 2.36. The van der Waals surface area contributed by atoms with Crippen molar-refractivity contribution in [2.24, 2.45) is 5.73 Å². The first kappa shape index (κ1) is 11.7. The number of anilines is 1. The summed E-state index contributed by atoms with van der Waals surface area (Å²) in [6, 6.07) is 3.11. The first-order valence-corrected chi connectivity index (χ1v) is 5.01. The first-order chi connectivity index (χ1) is 6.50. The standard InChI is InChI=1S/C7H6Cl3N3S/c8-3-1-4(9)6(5(10)2-3)12-13-7(11)14/h1-2,12H,(H3,11,13,14). The Morgan fingerprint density at radius 1 is 1.21 bits per heavy atom. The second kappa shape index (κ2) is 4.89. The fourth-order valence-corrected chi connectivity index (χ4v) is 1.75. The van der Waals surface area contributed by atoms with E-state index in [2.05, 4.69) is 23.1 Å². The average Bonchev–Trinajstić information content (AvgIpc) is 2.01. The van der Waals surface area contributed by atoms with Crippen LogP contribution in [0.3, 0.4) is 0 Å². The number of benzene rings is 1. The van der Waals surface area contributed by atoms with E-state index in [1.807, 2.05) is 0 Å². The van der Waals surface area contributed by atoms with Crippen LogP contribution in [0.4, 0.5) is 5.69 Å². The maximum atomic E-state index is 5.86. The molecule has 7 heteroatoms. The molecule has 14 heavy (non-hydrogen) atoms. The highest BCUT2D eigenvalue weighted by molar-refractivity contribution is 7.80. The summed E-state index contributed by atoms with van der Waals surface area (Å²) in [6.45, 7) is 0. The topological polar surface area (TPSA) is 50.1 Å². The molecule has 0 aliphatic heterocycles. The summed E-state index contributed by atoms with van der Waals surface area (Å²) in [5.41, 5.74) is 10.9. The van der Waals surface area contributed by atoms with Crippen LogP contribution in [0.1, 0.15) is 0 Å². The predicted octanol–water partition coefficient (Wildman–Crippen LogP) is 2.81. The average molecular weight is 271 g/mol. The third-order valence-corrected chi connectivity index (χ3v) is 2.23. The molecule has 0 radical (unpaired) electrons. The molecule has 4 N–H and O–H groups in total. The van der Waals surface area contributed by atoms with Gasteiger partial charge in [0.25, 0.3) is 0 Å². The fraction of sp³-hybridized carbons (Fsp3) is 0. The van der Waals surface area contributed by atoms with Gasteiger partial charge in [-0.2, -0.15) is 0 Å². The van der Waals surface area contributed by atoms with Crippen LogP contribution in [0.2, 0.25) is 15.1 Å². The summed E-state index contributed by atoms with van der Waals surface area (Å²) in [6.07, 6.45) is 0. The zero-order chi connectivity index (χ0) is 10.7. The molecular weight excluding hydrogens is 265 g/mol. The van der Waals surface area contributed by atoms with E-state index in [0.29, 0.717) is 20.8 Å². The van der Waals surface area contributed by atoms with Gasteiger partial charge in [0, 0.05) is 5.02 Å². The zero-order valence-electron chi connectivity index (χ0n) is 6.77. The summed E-state index contributed by atoms with van der Waals surface area (Å²) in [5, 5.41) is 1.31. The Labute approximate surface area is 101 Å². The van der Waals surface area contributed by atoms with Gasteiger partial charge in [-0.1, -0.05) is 34.8 Å². The monoisotopic (exact) mass is 269 g/mol. The number of hydrogen-bond acceptors (Lipinski definition) is 2. The van der Waals surface area contributed by atoms with Crippen molar-refractivity contribution in [3.8, 4) is 0 Å². The molecular formula is C7H6Cl3N3S. The van der Waals surface area contributed by atoms with E-state index in [4.69, 9.17) is 40.5 Å². The third-order valence-electron chi connectivity index (χ3n) is 1.32. The molecule has 0 aromatic heterocycles. The van der Waals surface area contributed by atoms with Crippen molar-refractivity contribution in [1.29, 1.82) is 0 Å². The van der Waals surface area contributed by atoms with Gasteiger partial charge in [-0.25, -0.2) is 0 Å². The Balaban J connectivity index is 2.91. The molecule has 0 fully saturated rings. The Hall–Kier alpha value is -0.420. The molecule has 0 saturated heterocycles. The number of nitrogens with one attached hydrogen (secondary N) is 2. The van der Waals surface area contributed by atoms with Crippen LogP contribution in [-0.2, 0) is 0 Å². The van der Waals surface area contributed by atoms with Gasteiger partial charge < -0.3 is 5.73 Å². The van der Waals surface area contributed by atoms with Crippen molar-refractivity contribution in [2.45, 2.75) is 0 Å². The summed E-state index contributed by atoms with van der Waals surface area (Å²) in [7, 11) is 0. The highest BCUT2D eigenvalue weighted by Crippen LogP contribution is 2.32. The molecule has 0 atom stereocenters. The molecule has 1 aromatic rings. The van der Waals surface area contributed by atoms with Gasteiger partial charge in [-0.05, 0) is 24.4 Å². The lowest BCUT2D eigenvalue weighted by Crippen LogP contribution is -2.34. The maximum absolute atomic E-state index is 5.86. The van der Waals surface area contributed by atoms with E-state index in [1.165, 1.54) is 0 Å². The molecule has 0 heterocycles. The number of hydrogen-bond donors (Lipinski definition) is 3. The first-order valence-electron chi connectivity index (χ1n) is 3.46. The fourth-order valence-electron chi connectivity index (χ4n) is 0.786. The quantitative estimate of drug-likeness (QED) is 0.571. The molecule has 1 rings (SSSR count). The van der Waals surface area contributed by atoms with Crippen molar-refractivity contribution in [1.82, 2.24) is 5.43 Å². The number of rotatable bonds is 2. The van der Waals surface area contributed by atoms with E-state index in [9.17, 15) is 0 Å². The molecule has 0 bridgehead atoms. The molecule has 0 saturated carbocycles. The lowest BCUT2D eigenvalue weighted by atomic mass is 10.3. The molecule has 0 aliphatic carbocycles. The Morgan fingerprint density at radius 3 is 2.14 bits per heavy atom. The van der Waals surface area contributed by atoms with Crippen LogP contribution >= 0.6 is 47.0 Å². The van der Waals surface area contributed by atoms with Crippen LogP contribution in [0.15, 0.2) is 12.1 Å². The minimum atomic E-state index is 0.0899. The van der Waals surface area contributed by atoms with Gasteiger partial charge in [0.05, 0.1) is 15.7 Å². The molecule has 0 aliphatic rings. The van der Waals surface area contributed by atoms with Crippen molar-refractivity contribution in [3.05, 3.63) is 27.2 Å². The largest absolute Gasteiger partial charge is 0.375 e. The molecule has 76 valence electrons. The zero-order valence-corrected chi connectivity index (χ0v) is 9.86. The SMILES string of the molecule is NC(=S)NNc1c(Cl)cc(Cl)cc1Cl. The van der Waals surface area contributed by atoms with Gasteiger partial charge in [0.15, 0.2) is 5.11 Å². The number of halogens is 3. The Bertz CT molecular complexity index is 346. The molecule has 3 nitrogen and oxygen atoms in total. The van der Waals surface area contributed by atoms with Crippen molar-refractivity contribution >= 4 is 57.8 Å². The van der Waals surface area contributed by atoms with Gasteiger partial charge in [0.1, 0.15) is 0 Å². The van der Waals surface area contributed by atoms with Crippen molar-refractivity contribution in [3.63, 3.8) is 0 Å². The van der Waals surface area contributed by atoms with E-state index in [0.717, 1.165) is 0 Å². The lowest BCUT2D eigenvalue weighted by molar-refractivity contribution is 1.13. The molecule has 0 amide bonds. The number of nitrogens with two attached hydrogens (primary N) is 1. The summed E-state index contributed by atoms with van der Waals surface area (Å²) >= 11 is 22.0. The van der Waals surface area contributed by atoms with E-state index < -0.39 is 0 Å². The Morgan fingerprint density at radius 2 is 1.71 bits per heavy atom. The molecule has 0 spiro atoms. The lowest BCUT2D eigenvalue weighted by Gasteiger charge is -2.11. The maximum Gasteiger partial charge on any atom is 0.182 e. The van der Waals surface area contributed by atoms with Gasteiger partial charge >= 0.3 is 0 Å². The van der Waals surface area contributed by atoms with Crippen LogP contribution in [0.25, 0.3) is 0 Å². The molecule has 0 unspecified atom stereocenters.